The van der Waals surface area contributed by atoms with Gasteiger partial charge >= 0.3 is 0 Å². The number of rotatable bonds is 5. The maximum Gasteiger partial charge on any atom is 0.254 e. The summed E-state index contributed by atoms with van der Waals surface area (Å²) >= 11 is 0. The van der Waals surface area contributed by atoms with Gasteiger partial charge in [-0.1, -0.05) is 49.4 Å². The van der Waals surface area contributed by atoms with E-state index >= 15 is 0 Å². The Balaban J connectivity index is 1.51. The lowest BCUT2D eigenvalue weighted by atomic mass is 9.85. The molecule has 2 fully saturated rings. The summed E-state index contributed by atoms with van der Waals surface area (Å²) in [5.41, 5.74) is 0.794. The second kappa shape index (κ2) is 6.83. The van der Waals surface area contributed by atoms with E-state index in [0.717, 1.165) is 34.2 Å². The van der Waals surface area contributed by atoms with Crippen LogP contribution in [0.3, 0.4) is 0 Å². The number of hydrazone groups is 1. The van der Waals surface area contributed by atoms with Gasteiger partial charge in [0.15, 0.2) is 0 Å². The predicted octanol–water partition coefficient (Wildman–Crippen LogP) is 4.16. The summed E-state index contributed by atoms with van der Waals surface area (Å²) in [6, 6.07) is 11.9. The highest BCUT2D eigenvalue weighted by atomic mass is 16.5. The first-order valence-corrected chi connectivity index (χ1v) is 10.4. The largest absolute Gasteiger partial charge is 0.490 e. The fraction of sp³-hybridized carbons (Fsp3) is 0.375. The van der Waals surface area contributed by atoms with Crippen LogP contribution in [-0.2, 0) is 9.59 Å². The van der Waals surface area contributed by atoms with E-state index in [0.29, 0.717) is 5.75 Å². The summed E-state index contributed by atoms with van der Waals surface area (Å²) in [6.45, 7) is 4.09. The Bertz CT molecular complexity index is 1030. The number of imide groups is 1. The van der Waals surface area contributed by atoms with Crippen LogP contribution in [0.1, 0.15) is 32.3 Å². The van der Waals surface area contributed by atoms with Gasteiger partial charge in [0, 0.05) is 5.56 Å². The molecule has 5 rings (SSSR count). The molecule has 1 saturated heterocycles. The van der Waals surface area contributed by atoms with Gasteiger partial charge in [-0.3, -0.25) is 9.59 Å². The van der Waals surface area contributed by atoms with E-state index in [1.807, 2.05) is 43.3 Å². The zero-order chi connectivity index (χ0) is 20.1. The van der Waals surface area contributed by atoms with Crippen molar-refractivity contribution in [3.8, 4) is 5.75 Å². The van der Waals surface area contributed by atoms with E-state index in [1.165, 1.54) is 0 Å². The second-order valence-electron chi connectivity index (χ2n) is 8.27. The molecule has 2 aromatic rings. The monoisotopic (exact) mass is 388 g/mol. The van der Waals surface area contributed by atoms with Crippen LogP contribution < -0.4 is 4.74 Å². The quantitative estimate of drug-likeness (QED) is 0.439. The van der Waals surface area contributed by atoms with Crippen LogP contribution in [0.15, 0.2) is 53.7 Å². The Labute approximate surface area is 170 Å². The highest BCUT2D eigenvalue weighted by molar-refractivity contribution is 6.08. The molecule has 1 heterocycles. The van der Waals surface area contributed by atoms with Gasteiger partial charge in [-0.25, -0.2) is 0 Å². The molecule has 3 aliphatic rings. The number of carbonyl (C=O) groups is 2. The molecule has 0 N–H and O–H groups in total. The minimum absolute atomic E-state index is 0.0550. The van der Waals surface area contributed by atoms with Gasteiger partial charge in [0.25, 0.3) is 11.8 Å². The molecule has 29 heavy (non-hydrogen) atoms. The lowest BCUT2D eigenvalue weighted by Gasteiger charge is -2.17. The molecule has 0 spiro atoms. The maximum absolute atomic E-state index is 12.9. The topological polar surface area (TPSA) is 59.0 Å². The van der Waals surface area contributed by atoms with Gasteiger partial charge < -0.3 is 4.74 Å². The number of ether oxygens (including phenoxy) is 1. The Morgan fingerprint density at radius 1 is 1.10 bits per heavy atom. The second-order valence-corrected chi connectivity index (χ2v) is 8.27. The van der Waals surface area contributed by atoms with Crippen molar-refractivity contribution in [2.24, 2.45) is 28.8 Å². The third-order valence-corrected chi connectivity index (χ3v) is 6.58. The molecule has 0 aromatic heterocycles. The van der Waals surface area contributed by atoms with E-state index in [2.05, 4.69) is 24.2 Å². The summed E-state index contributed by atoms with van der Waals surface area (Å²) in [5, 5.41) is 7.52. The van der Waals surface area contributed by atoms with Crippen molar-refractivity contribution < 1.29 is 14.3 Å². The average molecular weight is 388 g/mol. The Morgan fingerprint density at radius 2 is 1.79 bits per heavy atom. The lowest BCUT2D eigenvalue weighted by molar-refractivity contribution is -0.140. The fourth-order valence-corrected chi connectivity index (χ4v) is 4.93. The first kappa shape index (κ1) is 18.1. The standard InChI is InChI=1S/C24H24N2O3/c1-3-14(2)29-20-11-10-15-6-4-5-7-18(15)19(20)13-25-26-23(27)21-16-8-9-17(12-16)22(21)24(26)28/h4-11,13-14,16-17,21-22H,3,12H2,1-2H3/t14-,16-,17-,21-,22+/m0/s1. The summed E-state index contributed by atoms with van der Waals surface area (Å²) in [7, 11) is 0. The summed E-state index contributed by atoms with van der Waals surface area (Å²) in [4.78, 5) is 25.8. The number of carbonyl (C=O) groups excluding carboxylic acids is 2. The highest BCUT2D eigenvalue weighted by Gasteiger charge is 2.59. The van der Waals surface area contributed by atoms with E-state index in [9.17, 15) is 9.59 Å². The third-order valence-electron chi connectivity index (χ3n) is 6.58. The summed E-state index contributed by atoms with van der Waals surface area (Å²) < 4.78 is 6.10. The lowest BCUT2D eigenvalue weighted by Crippen LogP contribution is -2.28. The van der Waals surface area contributed by atoms with Crippen molar-refractivity contribution in [2.75, 3.05) is 0 Å². The Hall–Kier alpha value is -2.95. The SMILES string of the molecule is CC[C@H](C)Oc1ccc2ccccc2c1C=NN1C(=O)[C@@H]2[C@H](C1=O)[C@H]1C=C[C@H]2C1. The molecule has 1 aliphatic heterocycles. The number of amides is 2. The number of hydrogen-bond acceptors (Lipinski definition) is 4. The molecule has 2 amide bonds. The van der Waals surface area contributed by atoms with Crippen LogP contribution in [0.25, 0.3) is 10.8 Å². The molecule has 0 radical (unpaired) electrons. The van der Waals surface area contributed by atoms with Crippen LogP contribution in [0, 0.1) is 23.7 Å². The highest BCUT2D eigenvalue weighted by Crippen LogP contribution is 2.52. The molecular weight excluding hydrogens is 364 g/mol. The van der Waals surface area contributed by atoms with Gasteiger partial charge in [-0.2, -0.15) is 10.1 Å². The minimum Gasteiger partial charge on any atom is -0.490 e. The third kappa shape index (κ3) is 2.79. The van der Waals surface area contributed by atoms with Crippen LogP contribution in [0.4, 0.5) is 0 Å². The number of fused-ring (bicyclic) bond motifs is 6. The zero-order valence-corrected chi connectivity index (χ0v) is 16.6. The van der Waals surface area contributed by atoms with E-state index in [4.69, 9.17) is 4.74 Å². The molecule has 5 nitrogen and oxygen atoms in total. The summed E-state index contributed by atoms with van der Waals surface area (Å²) in [6.07, 6.45) is 7.65. The maximum atomic E-state index is 12.9. The molecule has 2 aliphatic carbocycles. The molecule has 5 atom stereocenters. The molecule has 0 unspecified atom stereocenters. The van der Waals surface area contributed by atoms with E-state index in [-0.39, 0.29) is 41.6 Å². The fourth-order valence-electron chi connectivity index (χ4n) is 4.93. The normalized spacial score (nSPS) is 28.7. The number of nitrogens with zero attached hydrogens (tertiary/aromatic N) is 2. The van der Waals surface area contributed by atoms with Crippen LogP contribution in [0.5, 0.6) is 5.75 Å². The summed E-state index contributed by atoms with van der Waals surface area (Å²) in [5.74, 6) is 0.265. The van der Waals surface area contributed by atoms with Crippen molar-refractivity contribution in [3.63, 3.8) is 0 Å². The Morgan fingerprint density at radius 3 is 2.48 bits per heavy atom. The van der Waals surface area contributed by atoms with Crippen molar-refractivity contribution in [1.29, 1.82) is 0 Å². The van der Waals surface area contributed by atoms with Crippen LogP contribution in [-0.4, -0.2) is 29.1 Å². The molecule has 1 saturated carbocycles. The smallest absolute Gasteiger partial charge is 0.254 e. The van der Waals surface area contributed by atoms with Gasteiger partial charge in [-0.15, -0.1) is 0 Å². The predicted molar refractivity (Wildman–Crippen MR) is 111 cm³/mol. The minimum atomic E-state index is -0.238. The van der Waals surface area contributed by atoms with Crippen molar-refractivity contribution in [1.82, 2.24) is 5.01 Å². The zero-order valence-electron chi connectivity index (χ0n) is 16.6. The number of hydrogen-bond donors (Lipinski definition) is 0. The van der Waals surface area contributed by atoms with Gasteiger partial charge in [0.05, 0.1) is 24.2 Å². The van der Waals surface area contributed by atoms with Gasteiger partial charge in [-0.05, 0) is 48.4 Å². The van der Waals surface area contributed by atoms with Gasteiger partial charge in [0.1, 0.15) is 5.75 Å². The van der Waals surface area contributed by atoms with Crippen molar-refractivity contribution >= 4 is 28.8 Å². The average Bonchev–Trinajstić information content (AvgIpc) is 3.41. The molecular formula is C24H24N2O3. The molecule has 148 valence electrons. The molecule has 2 aromatic carbocycles. The molecule has 5 heteroatoms. The van der Waals surface area contributed by atoms with Crippen molar-refractivity contribution in [2.45, 2.75) is 32.8 Å². The number of allylic oxidation sites excluding steroid dienone is 2. The van der Waals surface area contributed by atoms with E-state index in [1.54, 1.807) is 6.21 Å². The Kier molecular flexibility index (Phi) is 4.26. The van der Waals surface area contributed by atoms with Crippen molar-refractivity contribution in [3.05, 3.63) is 54.1 Å². The first-order chi connectivity index (χ1) is 14.1. The van der Waals surface area contributed by atoms with Crippen LogP contribution >= 0.6 is 0 Å². The number of benzene rings is 2. The molecule has 2 bridgehead atoms. The van der Waals surface area contributed by atoms with Crippen LogP contribution in [0.2, 0.25) is 0 Å². The first-order valence-electron chi connectivity index (χ1n) is 10.4. The van der Waals surface area contributed by atoms with Gasteiger partial charge in [0.2, 0.25) is 0 Å². The van der Waals surface area contributed by atoms with E-state index < -0.39 is 0 Å².